The molecule has 0 spiro atoms. The lowest BCUT2D eigenvalue weighted by Crippen LogP contribution is -2.47. The van der Waals surface area contributed by atoms with Gasteiger partial charge in [0.2, 0.25) is 0 Å². The van der Waals surface area contributed by atoms with Crippen LogP contribution >= 0.6 is 24.0 Å². The Morgan fingerprint density at radius 2 is 1.77 bits per heavy atom. The van der Waals surface area contributed by atoms with Crippen molar-refractivity contribution in [2.45, 2.75) is 25.3 Å². The molecule has 2 aromatic carbocycles. The van der Waals surface area contributed by atoms with E-state index in [9.17, 15) is 19.5 Å². The third kappa shape index (κ3) is 7.32. The van der Waals surface area contributed by atoms with Gasteiger partial charge in [0.25, 0.3) is 11.8 Å². The number of carboxylic acids is 1. The van der Waals surface area contributed by atoms with Gasteiger partial charge in [0.15, 0.2) is 0 Å². The summed E-state index contributed by atoms with van der Waals surface area (Å²) in [6, 6.07) is 15.0. The number of amides is 2. The van der Waals surface area contributed by atoms with E-state index in [0.717, 1.165) is 42.9 Å². The van der Waals surface area contributed by atoms with E-state index in [1.54, 1.807) is 24.4 Å². The minimum Gasteiger partial charge on any atom is -0.480 e. The number of nitrogens with one attached hydrogen (secondary N) is 1. The van der Waals surface area contributed by atoms with Crippen LogP contribution in [0.4, 0.5) is 5.82 Å². The molecule has 47 heavy (non-hydrogen) atoms. The molecule has 11 nitrogen and oxygen atoms in total. The number of fused-ring (bicyclic) bond motifs is 1. The smallest absolute Gasteiger partial charge is 0.326 e. The van der Waals surface area contributed by atoms with Crippen LogP contribution < -0.4 is 16.2 Å². The molecule has 4 N–H and O–H groups in total. The maximum Gasteiger partial charge on any atom is 0.326 e. The van der Waals surface area contributed by atoms with Gasteiger partial charge in [-0.3, -0.25) is 15.0 Å². The highest BCUT2D eigenvalue weighted by atomic mass is 35.5. The van der Waals surface area contributed by atoms with E-state index in [2.05, 4.69) is 27.2 Å². The van der Waals surface area contributed by atoms with E-state index in [4.69, 9.17) is 27.2 Å². The molecular weight excluding hydrogens is 643 g/mol. The van der Waals surface area contributed by atoms with Gasteiger partial charge in [-0.25, -0.2) is 20.6 Å². The molecule has 2 aliphatic rings. The van der Waals surface area contributed by atoms with Gasteiger partial charge in [0.1, 0.15) is 11.9 Å². The van der Waals surface area contributed by atoms with Crippen molar-refractivity contribution < 1.29 is 24.2 Å². The minimum absolute atomic E-state index is 0. The SMILES string of the molecule is Cl.NNC(=O)c1cc(-c2ccc(C#Cc3ccc(C(=O)N4CCCC[C@H]4C(=O)O)cc3Cl)cc2)nc2cc(N3CCOCC3)ncc12. The number of pyridine rings is 2. The normalized spacial score (nSPS) is 16.1. The Hall–Kier alpha value is -4.73. The molecule has 2 aliphatic heterocycles. The van der Waals surface area contributed by atoms with Gasteiger partial charge in [-0.2, -0.15) is 0 Å². The lowest BCUT2D eigenvalue weighted by molar-refractivity contribution is -0.143. The molecule has 0 saturated carbocycles. The summed E-state index contributed by atoms with van der Waals surface area (Å²) in [6.45, 7) is 3.07. The van der Waals surface area contributed by atoms with Crippen LogP contribution in [0.2, 0.25) is 5.02 Å². The number of nitrogens with zero attached hydrogens (tertiary/aromatic N) is 4. The van der Waals surface area contributed by atoms with Crippen molar-refractivity contribution >= 4 is 58.5 Å². The van der Waals surface area contributed by atoms with Crippen molar-refractivity contribution in [2.75, 3.05) is 37.7 Å². The van der Waals surface area contributed by atoms with Crippen LogP contribution in [0.15, 0.2) is 60.8 Å². The van der Waals surface area contributed by atoms with Gasteiger partial charge >= 0.3 is 5.97 Å². The number of piperidine rings is 1. The van der Waals surface area contributed by atoms with E-state index >= 15 is 0 Å². The predicted octanol–water partition coefficient (Wildman–Crippen LogP) is 4.29. The number of rotatable bonds is 5. The number of hydrazine groups is 1. The molecule has 6 rings (SSSR count). The Labute approximate surface area is 282 Å². The second kappa shape index (κ2) is 14.8. The second-order valence-corrected chi connectivity index (χ2v) is 11.5. The number of carbonyl (C=O) groups excluding carboxylic acids is 2. The number of aliphatic carboxylic acids is 1. The number of likely N-dealkylation sites (tertiary alicyclic amines) is 1. The first kappa shape index (κ1) is 33.6. The van der Waals surface area contributed by atoms with Crippen molar-refractivity contribution in [2.24, 2.45) is 5.84 Å². The van der Waals surface area contributed by atoms with Crippen molar-refractivity contribution in [3.05, 3.63) is 88.1 Å². The van der Waals surface area contributed by atoms with Gasteiger partial charge in [0.05, 0.1) is 35.0 Å². The fourth-order valence-corrected chi connectivity index (χ4v) is 5.93. The van der Waals surface area contributed by atoms with E-state index in [0.29, 0.717) is 64.5 Å². The predicted molar refractivity (Wildman–Crippen MR) is 181 cm³/mol. The van der Waals surface area contributed by atoms with E-state index in [1.165, 1.54) is 11.0 Å². The zero-order valence-electron chi connectivity index (χ0n) is 25.2. The summed E-state index contributed by atoms with van der Waals surface area (Å²) in [4.78, 5) is 50.3. The number of hydrogen-bond acceptors (Lipinski definition) is 8. The number of aromatic nitrogens is 2. The average molecular weight is 676 g/mol. The molecule has 2 fully saturated rings. The standard InChI is InChI=1S/C34H31ClN6O5.ClH/c35-27-17-24(33(43)41-12-2-1-3-30(41)34(44)45)11-10-22(27)7-4-21-5-8-23(9-6-21)28-18-25(32(42)39-36)26-20-37-31(19-29(26)38-28)40-13-15-46-16-14-40;/h5-6,8-11,17-20,30H,1-3,12-16,36H2,(H,39,42)(H,44,45);1H/t30-;/m0./s1. The quantitative estimate of drug-likeness (QED) is 0.122. The molecule has 4 heterocycles. The number of anilines is 1. The number of carboxylic acid groups (broad SMARTS) is 1. The molecule has 0 radical (unpaired) electrons. The third-order valence-electron chi connectivity index (χ3n) is 8.18. The van der Waals surface area contributed by atoms with Crippen LogP contribution in [-0.4, -0.2) is 76.6 Å². The van der Waals surface area contributed by atoms with Crippen LogP contribution in [0.25, 0.3) is 22.2 Å². The largest absolute Gasteiger partial charge is 0.480 e. The average Bonchev–Trinajstić information content (AvgIpc) is 3.10. The molecule has 2 aromatic heterocycles. The van der Waals surface area contributed by atoms with Gasteiger partial charge < -0.3 is 19.6 Å². The highest BCUT2D eigenvalue weighted by Crippen LogP contribution is 2.28. The Kier molecular flexibility index (Phi) is 10.6. The van der Waals surface area contributed by atoms with Gasteiger partial charge in [0, 0.05) is 59.5 Å². The number of nitrogen functional groups attached to an aromatic ring is 1. The summed E-state index contributed by atoms with van der Waals surface area (Å²) in [5, 5.41) is 10.4. The minimum atomic E-state index is -0.999. The molecule has 2 amide bonds. The molecule has 2 saturated heterocycles. The zero-order chi connectivity index (χ0) is 32.2. The van der Waals surface area contributed by atoms with E-state index in [-0.39, 0.29) is 18.3 Å². The topological polar surface area (TPSA) is 151 Å². The molecule has 0 bridgehead atoms. The highest BCUT2D eigenvalue weighted by molar-refractivity contribution is 6.32. The van der Waals surface area contributed by atoms with Crippen LogP contribution in [0.3, 0.4) is 0 Å². The lowest BCUT2D eigenvalue weighted by atomic mass is 10.0. The molecule has 13 heteroatoms. The van der Waals surface area contributed by atoms with Gasteiger partial charge in [-0.05, 0) is 55.7 Å². The lowest BCUT2D eigenvalue weighted by Gasteiger charge is -2.33. The Balaban J connectivity index is 0.00000433. The summed E-state index contributed by atoms with van der Waals surface area (Å²) in [5.74, 6) is 10.6. The summed E-state index contributed by atoms with van der Waals surface area (Å²) in [7, 11) is 0. The highest BCUT2D eigenvalue weighted by Gasteiger charge is 2.32. The Morgan fingerprint density at radius 1 is 1.00 bits per heavy atom. The fraction of sp³-hybridized carbons (Fsp3) is 0.265. The Bertz CT molecular complexity index is 1890. The number of benzene rings is 2. The maximum atomic E-state index is 13.1. The number of hydrogen-bond donors (Lipinski definition) is 3. The third-order valence-corrected chi connectivity index (χ3v) is 8.49. The van der Waals surface area contributed by atoms with Crippen molar-refractivity contribution in [1.82, 2.24) is 20.3 Å². The zero-order valence-corrected chi connectivity index (χ0v) is 26.8. The van der Waals surface area contributed by atoms with Crippen LogP contribution in [0, 0.1) is 11.8 Å². The molecule has 0 aliphatic carbocycles. The summed E-state index contributed by atoms with van der Waals surface area (Å²) in [6.07, 6.45) is 3.62. The Morgan fingerprint density at radius 3 is 2.47 bits per heavy atom. The van der Waals surface area contributed by atoms with Crippen molar-refractivity contribution in [1.29, 1.82) is 0 Å². The van der Waals surface area contributed by atoms with Crippen LogP contribution in [0.5, 0.6) is 0 Å². The van der Waals surface area contributed by atoms with E-state index < -0.39 is 17.9 Å². The van der Waals surface area contributed by atoms with Crippen LogP contribution in [-0.2, 0) is 9.53 Å². The van der Waals surface area contributed by atoms with Gasteiger partial charge in [-0.1, -0.05) is 35.6 Å². The second-order valence-electron chi connectivity index (χ2n) is 11.1. The van der Waals surface area contributed by atoms with Crippen molar-refractivity contribution in [3.63, 3.8) is 0 Å². The first-order valence-corrected chi connectivity index (χ1v) is 15.3. The number of carbonyl (C=O) groups is 3. The number of halogens is 2. The molecule has 242 valence electrons. The number of ether oxygens (including phenoxy) is 1. The van der Waals surface area contributed by atoms with Crippen molar-refractivity contribution in [3.8, 4) is 23.1 Å². The fourth-order valence-electron chi connectivity index (χ4n) is 5.70. The summed E-state index contributed by atoms with van der Waals surface area (Å²) < 4.78 is 5.45. The first-order chi connectivity index (χ1) is 22.3. The molecule has 1 atom stereocenters. The maximum absolute atomic E-state index is 13.1. The first-order valence-electron chi connectivity index (χ1n) is 14.9. The molecule has 4 aromatic rings. The monoisotopic (exact) mass is 674 g/mol. The number of morpholine rings is 1. The summed E-state index contributed by atoms with van der Waals surface area (Å²) >= 11 is 6.49. The van der Waals surface area contributed by atoms with E-state index in [1.807, 2.05) is 30.3 Å². The molecular formula is C34H32Cl2N6O5. The summed E-state index contributed by atoms with van der Waals surface area (Å²) in [5.41, 5.74) is 6.14. The molecule has 0 unspecified atom stereocenters. The van der Waals surface area contributed by atoms with Gasteiger partial charge in [-0.15, -0.1) is 12.4 Å². The number of nitrogens with two attached hydrogens (primary N) is 1. The van der Waals surface area contributed by atoms with Crippen LogP contribution in [0.1, 0.15) is 51.1 Å².